The van der Waals surface area contributed by atoms with Gasteiger partial charge in [-0.25, -0.2) is 0 Å². The Balaban J connectivity index is -0.000000931. The molecule has 0 amide bonds. The van der Waals surface area contributed by atoms with Crippen LogP contribution < -0.4 is 5.32 Å². The fourth-order valence-corrected chi connectivity index (χ4v) is 4.07. The van der Waals surface area contributed by atoms with Crippen molar-refractivity contribution in [3.05, 3.63) is 182 Å². The topological polar surface area (TPSA) is 352 Å². The molecule has 1 aliphatic rings. The van der Waals surface area contributed by atoms with Gasteiger partial charge < -0.3 is 66.4 Å². The number of hydrogen-bond donors (Lipinski definition) is 2. The van der Waals surface area contributed by atoms with Crippen molar-refractivity contribution in [2.24, 2.45) is 0 Å². The summed E-state index contributed by atoms with van der Waals surface area (Å²) in [4.78, 5) is 54.0. The monoisotopic (exact) mass is 902 g/mol. The van der Waals surface area contributed by atoms with Crippen LogP contribution in [0.25, 0.3) is 0 Å². The Bertz CT molecular complexity index is 1430. The number of aliphatic hydroxyl groups is 1. The maximum Gasteiger partial charge on any atom is 2.00 e. The van der Waals surface area contributed by atoms with Crippen molar-refractivity contribution in [2.75, 3.05) is 7.11 Å². The van der Waals surface area contributed by atoms with Crippen molar-refractivity contribution in [3.8, 4) is 0 Å². The van der Waals surface area contributed by atoms with Crippen molar-refractivity contribution < 1.29 is 80.1 Å². The Labute approximate surface area is 322 Å². The molecular weight excluding hydrogens is 873 g/mol. The first kappa shape index (κ1) is 49.5. The summed E-state index contributed by atoms with van der Waals surface area (Å²) in [5.41, 5.74) is 3.95. The summed E-state index contributed by atoms with van der Waals surface area (Å²) in [6, 6.07) is 24.1. The summed E-state index contributed by atoms with van der Waals surface area (Å²) in [6.45, 7) is 0.666. The molecule has 50 heavy (non-hydrogen) atoms. The van der Waals surface area contributed by atoms with Gasteiger partial charge in [0.05, 0.1) is 55.2 Å². The number of aliphatic hydroxyl groups excluding tert-OH is 1. The van der Waals surface area contributed by atoms with Crippen molar-refractivity contribution in [1.82, 2.24) is 30.2 Å². The maximum absolute atomic E-state index is 8.25. The quantitative estimate of drug-likeness (QED) is 0.165. The van der Waals surface area contributed by atoms with E-state index in [9.17, 15) is 0 Å². The fourth-order valence-electron chi connectivity index (χ4n) is 4.07. The third-order valence-electron chi connectivity index (χ3n) is 5.38. The smallest absolute Gasteiger partial charge is 0.400 e. The molecule has 5 heterocycles. The van der Waals surface area contributed by atoms with E-state index in [4.69, 9.17) is 71.4 Å². The van der Waals surface area contributed by atoms with Crippen LogP contribution in [0.2, 0.25) is 0 Å². The van der Waals surface area contributed by atoms with Gasteiger partial charge in [-0.15, -0.1) is 0 Å². The minimum Gasteiger partial charge on any atom is -0.400 e. The van der Waals surface area contributed by atoms with Gasteiger partial charge in [-0.2, -0.15) is 0 Å². The number of aromatic nitrogens is 4. The summed E-state index contributed by atoms with van der Waals surface area (Å²) in [5, 5.41) is 69.8. The van der Waals surface area contributed by atoms with Crippen LogP contribution in [0.1, 0.15) is 41.0 Å². The van der Waals surface area contributed by atoms with E-state index in [1.54, 1.807) is 0 Å². The predicted molar refractivity (Wildman–Crippen MR) is 163 cm³/mol. The number of rotatable bonds is 5. The molecule has 258 valence electrons. The molecule has 0 radical (unpaired) electrons. The van der Waals surface area contributed by atoms with Crippen LogP contribution in [0.5, 0.6) is 0 Å². The summed E-state index contributed by atoms with van der Waals surface area (Å²) < 4.78 is 0. The molecule has 0 bridgehead atoms. The average Bonchev–Trinajstić information content (AvgIpc) is 3.42. The van der Waals surface area contributed by atoms with E-state index in [1.165, 1.54) is 0 Å². The number of hydrogen-bond acceptors (Lipinski definition) is 19. The zero-order chi connectivity index (χ0) is 36.5. The van der Waals surface area contributed by atoms with Crippen molar-refractivity contribution >= 4 is 0 Å². The van der Waals surface area contributed by atoms with E-state index in [0.717, 1.165) is 29.9 Å². The summed E-state index contributed by atoms with van der Waals surface area (Å²) >= 11 is 0. The standard InChI is InChI=1S/C24H22N6.CH4O.2Cd.4NO3/c1-5-13-25-18(9-1)17-30-23(20-11-3-7-15-27-20)22(19-10-2-6-14-26-19)29-24(30)21-12-4-8-16-28-21;1-2;;;4*2-1(3)4/h1-16,22-24,29H,17H2;2H,1H3;;;;;;/q;;2*+2;4*-1/t22-,23-,24+;;;;;;;/m1......./s1. The van der Waals surface area contributed by atoms with Crippen LogP contribution in [0.3, 0.4) is 0 Å². The molecule has 1 fully saturated rings. The Kier molecular flexibility index (Phi) is 28.8. The summed E-state index contributed by atoms with van der Waals surface area (Å²) in [7, 11) is 1.00. The van der Waals surface area contributed by atoms with Gasteiger partial charge in [-0.3, -0.25) is 30.2 Å². The van der Waals surface area contributed by atoms with E-state index in [2.05, 4.69) is 49.4 Å². The molecule has 1 saturated heterocycles. The molecule has 2 N–H and O–H groups in total. The molecule has 0 aromatic carbocycles. The first-order valence-electron chi connectivity index (χ1n) is 12.7. The Morgan fingerprint density at radius 2 is 0.920 bits per heavy atom. The molecular formula is C25H26Cd2N10O13. The molecule has 0 spiro atoms. The molecule has 1 aliphatic heterocycles. The van der Waals surface area contributed by atoms with Crippen LogP contribution in [0, 0.1) is 61.3 Å². The van der Waals surface area contributed by atoms with E-state index >= 15 is 0 Å². The zero-order valence-electron chi connectivity index (χ0n) is 26.0. The third kappa shape index (κ3) is 21.9. The molecule has 0 aliphatic carbocycles. The molecule has 23 nitrogen and oxygen atoms in total. The summed E-state index contributed by atoms with van der Waals surface area (Å²) in [6.07, 6.45) is 7.26. The molecule has 5 rings (SSSR count). The van der Waals surface area contributed by atoms with Gasteiger partial charge in [0.1, 0.15) is 6.17 Å². The number of pyridine rings is 4. The van der Waals surface area contributed by atoms with Crippen LogP contribution >= 0.6 is 0 Å². The van der Waals surface area contributed by atoms with E-state index < -0.39 is 20.3 Å². The summed E-state index contributed by atoms with van der Waals surface area (Å²) in [5.74, 6) is 0. The molecule has 25 heteroatoms. The van der Waals surface area contributed by atoms with E-state index in [-0.39, 0.29) is 72.8 Å². The van der Waals surface area contributed by atoms with Gasteiger partial charge in [0, 0.05) is 38.4 Å². The molecule has 0 saturated carbocycles. The van der Waals surface area contributed by atoms with Gasteiger partial charge >= 0.3 is 54.6 Å². The molecule has 4 aromatic rings. The second-order valence-corrected chi connectivity index (χ2v) is 8.14. The first-order valence-corrected chi connectivity index (χ1v) is 12.7. The van der Waals surface area contributed by atoms with Gasteiger partial charge in [0.15, 0.2) is 0 Å². The van der Waals surface area contributed by atoms with Crippen LogP contribution in [0.4, 0.5) is 0 Å². The normalized spacial score (nSPS) is 15.0. The third-order valence-corrected chi connectivity index (χ3v) is 5.38. The second-order valence-electron chi connectivity index (χ2n) is 8.14. The van der Waals surface area contributed by atoms with E-state index in [0.29, 0.717) is 6.54 Å². The number of nitrogens with one attached hydrogen (secondary N) is 1. The Morgan fingerprint density at radius 3 is 1.26 bits per heavy atom. The molecule has 4 aromatic heterocycles. The average molecular weight is 899 g/mol. The number of nitrogens with zero attached hydrogens (tertiary/aromatic N) is 9. The van der Waals surface area contributed by atoms with Crippen LogP contribution in [-0.2, 0) is 61.1 Å². The van der Waals surface area contributed by atoms with Gasteiger partial charge in [-0.05, 0) is 48.5 Å². The predicted octanol–water partition coefficient (Wildman–Crippen LogP) is 2.50. The fraction of sp³-hybridized carbons (Fsp3) is 0.200. The SMILES string of the molecule is CO.O=[N+]([O-])[O-].O=[N+]([O-])[O-].O=[N+]([O-])[O-].O=[N+]([O-])[O-].[Cd+2].[Cd+2].c1ccc(CN2[C@@H](c3ccccn3)N[C@H](c3ccccn3)[C@H]2c2ccccn2)nc1. The van der Waals surface area contributed by atoms with Crippen LogP contribution in [-0.4, -0.2) is 57.4 Å². The minimum atomic E-state index is -1.75. The second kappa shape index (κ2) is 29.1. The Morgan fingerprint density at radius 1 is 0.580 bits per heavy atom. The van der Waals surface area contributed by atoms with Crippen molar-refractivity contribution in [3.63, 3.8) is 0 Å². The van der Waals surface area contributed by atoms with Gasteiger partial charge in [-0.1, -0.05) is 24.3 Å². The largest absolute Gasteiger partial charge is 2.00 e. The molecule has 0 unspecified atom stereocenters. The maximum atomic E-state index is 8.25. The minimum absolute atomic E-state index is 0. The Hall–Kier alpha value is -4.88. The van der Waals surface area contributed by atoms with Crippen molar-refractivity contribution in [1.29, 1.82) is 0 Å². The molecule has 3 atom stereocenters. The van der Waals surface area contributed by atoms with Gasteiger partial charge in [0.2, 0.25) is 0 Å². The van der Waals surface area contributed by atoms with E-state index in [1.807, 2.05) is 73.3 Å². The van der Waals surface area contributed by atoms with Crippen molar-refractivity contribution in [2.45, 2.75) is 24.8 Å². The zero-order valence-corrected chi connectivity index (χ0v) is 34.0. The van der Waals surface area contributed by atoms with Gasteiger partial charge in [0.25, 0.3) is 0 Å². The first-order chi connectivity index (χ1) is 22.8. The van der Waals surface area contributed by atoms with Crippen LogP contribution in [0.15, 0.2) is 97.6 Å².